The highest BCUT2D eigenvalue weighted by Gasteiger charge is 2.48. The van der Waals surface area contributed by atoms with E-state index < -0.39 is 16.8 Å². The Labute approximate surface area is 154 Å². The van der Waals surface area contributed by atoms with Crippen molar-refractivity contribution in [1.82, 2.24) is 10.2 Å². The number of carbonyl (C=O) groups is 2. The van der Waals surface area contributed by atoms with Crippen LogP contribution < -0.4 is 5.32 Å². The smallest absolute Gasteiger partial charge is 0.330 e. The third-order valence-corrected chi connectivity index (χ3v) is 5.75. The second-order valence-electron chi connectivity index (χ2n) is 6.60. The second kappa shape index (κ2) is 11.5. The average molecular weight is 374 g/mol. The Hall–Kier alpha value is -1.15. The van der Waals surface area contributed by atoms with E-state index in [0.717, 1.165) is 50.7 Å². The van der Waals surface area contributed by atoms with Gasteiger partial charge in [0, 0.05) is 23.0 Å². The monoisotopic (exact) mass is 373 g/mol. The molecule has 0 radical (unpaired) electrons. The number of ether oxygens (including phenoxy) is 1. The number of esters is 1. The van der Waals surface area contributed by atoms with Crippen LogP contribution in [0.5, 0.6) is 0 Å². The zero-order valence-corrected chi connectivity index (χ0v) is 16.4. The summed E-state index contributed by atoms with van der Waals surface area (Å²) in [6, 6.07) is -0.845. The topological polar surface area (TPSA) is 88.1 Å². The van der Waals surface area contributed by atoms with Crippen LogP contribution in [0.25, 0.3) is 0 Å². The number of hydrogen-bond acceptors (Lipinski definition) is 7. The number of nitrogens with one attached hydrogen (secondary N) is 1. The van der Waals surface area contributed by atoms with Crippen molar-refractivity contribution in [3.63, 3.8) is 0 Å². The number of hydrogen-bond donors (Lipinski definition) is 1. The highest BCUT2D eigenvalue weighted by Crippen LogP contribution is 2.40. The first-order chi connectivity index (χ1) is 12.0. The molecule has 1 saturated heterocycles. The van der Waals surface area contributed by atoms with Gasteiger partial charge in [0.25, 0.3) is 0 Å². The van der Waals surface area contributed by atoms with E-state index in [-0.39, 0.29) is 12.5 Å². The van der Waals surface area contributed by atoms with Crippen molar-refractivity contribution in [2.45, 2.75) is 69.6 Å². The van der Waals surface area contributed by atoms with Crippen LogP contribution in [-0.2, 0) is 14.3 Å². The maximum Gasteiger partial charge on any atom is 0.330 e. The number of nitrogens with zero attached hydrogens (tertiary/aromatic N) is 2. The molecule has 0 bridgehead atoms. The zero-order chi connectivity index (χ0) is 18.7. The Kier molecular flexibility index (Phi) is 10.0. The van der Waals surface area contributed by atoms with Gasteiger partial charge < -0.3 is 15.0 Å². The summed E-state index contributed by atoms with van der Waals surface area (Å²) in [5.41, 5.74) is 0. The molecule has 1 aliphatic heterocycles. The van der Waals surface area contributed by atoms with Crippen LogP contribution in [0.3, 0.4) is 0 Å². The highest BCUT2D eigenvalue weighted by atomic mass is 32.2. The first-order valence-electron chi connectivity index (χ1n) is 9.14. The van der Waals surface area contributed by atoms with Crippen molar-refractivity contribution in [3.05, 3.63) is 4.91 Å². The summed E-state index contributed by atoms with van der Waals surface area (Å²) in [5, 5.41) is 2.84. The fourth-order valence-corrected chi connectivity index (χ4v) is 3.85. The lowest BCUT2D eigenvalue weighted by Crippen LogP contribution is -2.59. The average Bonchev–Trinajstić information content (AvgIpc) is 2.59. The van der Waals surface area contributed by atoms with Crippen LogP contribution in [0, 0.1) is 4.91 Å². The molecule has 1 atom stereocenters. The molecule has 0 saturated carbocycles. The number of likely N-dealkylation sites (tertiary alicyclic amines) is 1. The minimum Gasteiger partial charge on any atom is -0.464 e. The van der Waals surface area contributed by atoms with Gasteiger partial charge in [-0.2, -0.15) is 0 Å². The summed E-state index contributed by atoms with van der Waals surface area (Å²) in [7, 11) is 1.99. The van der Waals surface area contributed by atoms with E-state index >= 15 is 0 Å². The Morgan fingerprint density at radius 2 is 1.92 bits per heavy atom. The normalized spacial score (nSPS) is 18.4. The van der Waals surface area contributed by atoms with Crippen LogP contribution in [0.4, 0.5) is 0 Å². The minimum absolute atomic E-state index is 0.168. The summed E-state index contributed by atoms with van der Waals surface area (Å²) in [5.74, 6) is -0.649. The molecule has 1 heterocycles. The summed E-state index contributed by atoms with van der Waals surface area (Å²) in [4.78, 5) is 38.0. The number of carbonyl (C=O) groups excluding carboxylic acids is 2. The standard InChI is InChI=1S/C17H31N3O4S/c1-4-6-7-8-9-14(21)18-15(16(22)24-5-2)17(25-19-23)10-12-20(3)13-11-17/h15H,4-13H2,1-3H3,(H,18,21). The molecule has 0 aromatic rings. The molecule has 0 aromatic carbocycles. The predicted octanol–water partition coefficient (Wildman–Crippen LogP) is 2.88. The Morgan fingerprint density at radius 3 is 2.48 bits per heavy atom. The number of nitroso groups, excluding NO2 is 1. The molecule has 1 unspecified atom stereocenters. The minimum atomic E-state index is -0.845. The Bertz CT molecular complexity index is 440. The van der Waals surface area contributed by atoms with Crippen molar-refractivity contribution < 1.29 is 14.3 Å². The highest BCUT2D eigenvalue weighted by molar-refractivity contribution is 7.99. The number of rotatable bonds is 11. The quantitative estimate of drug-likeness (QED) is 0.259. The van der Waals surface area contributed by atoms with Gasteiger partial charge in [0.1, 0.15) is 6.04 Å². The molecule has 1 fully saturated rings. The van der Waals surface area contributed by atoms with E-state index in [2.05, 4.69) is 21.7 Å². The van der Waals surface area contributed by atoms with E-state index in [4.69, 9.17) is 4.74 Å². The van der Waals surface area contributed by atoms with Crippen LogP contribution in [0.15, 0.2) is 4.58 Å². The molecular formula is C17H31N3O4S. The first kappa shape index (κ1) is 21.9. The molecule has 1 aliphatic rings. The lowest BCUT2D eigenvalue weighted by molar-refractivity contribution is -0.149. The molecule has 0 aliphatic carbocycles. The molecule has 144 valence electrons. The van der Waals surface area contributed by atoms with Gasteiger partial charge in [-0.25, -0.2) is 4.79 Å². The lowest BCUT2D eigenvalue weighted by Gasteiger charge is -2.42. The van der Waals surface area contributed by atoms with Crippen LogP contribution >= 0.6 is 11.9 Å². The molecule has 1 amide bonds. The number of piperidine rings is 1. The summed E-state index contributed by atoms with van der Waals surface area (Å²) < 4.78 is 7.44. The van der Waals surface area contributed by atoms with Gasteiger partial charge in [-0.05, 0) is 46.3 Å². The summed E-state index contributed by atoms with van der Waals surface area (Å²) >= 11 is 0.865. The molecule has 1 rings (SSSR count). The molecule has 25 heavy (non-hydrogen) atoms. The van der Waals surface area contributed by atoms with Crippen molar-refractivity contribution >= 4 is 23.8 Å². The molecular weight excluding hydrogens is 342 g/mol. The summed E-state index contributed by atoms with van der Waals surface area (Å²) in [6.45, 7) is 5.56. The van der Waals surface area contributed by atoms with Gasteiger partial charge in [0.2, 0.25) is 5.91 Å². The van der Waals surface area contributed by atoms with Crippen LogP contribution in [-0.4, -0.2) is 54.3 Å². The van der Waals surface area contributed by atoms with Crippen molar-refractivity contribution in [3.8, 4) is 0 Å². The van der Waals surface area contributed by atoms with Crippen LogP contribution in [0.2, 0.25) is 0 Å². The number of unbranched alkanes of at least 4 members (excludes halogenated alkanes) is 3. The fourth-order valence-electron chi connectivity index (χ4n) is 3.08. The van der Waals surface area contributed by atoms with Crippen LogP contribution in [0.1, 0.15) is 58.8 Å². The summed E-state index contributed by atoms with van der Waals surface area (Å²) in [6.07, 6.45) is 5.56. The fraction of sp³-hybridized carbons (Fsp3) is 0.882. The Balaban J connectivity index is 2.84. The van der Waals surface area contributed by atoms with Gasteiger partial charge in [-0.3, -0.25) is 4.79 Å². The molecule has 0 aromatic heterocycles. The van der Waals surface area contributed by atoms with Crippen molar-refractivity contribution in [2.24, 2.45) is 4.58 Å². The van der Waals surface area contributed by atoms with E-state index in [9.17, 15) is 14.5 Å². The van der Waals surface area contributed by atoms with E-state index in [1.807, 2.05) is 7.05 Å². The third kappa shape index (κ3) is 6.93. The Morgan fingerprint density at radius 1 is 1.24 bits per heavy atom. The third-order valence-electron chi connectivity index (χ3n) is 4.66. The van der Waals surface area contributed by atoms with E-state index in [1.165, 1.54) is 0 Å². The number of amides is 1. The molecule has 0 spiro atoms. The molecule has 1 N–H and O–H groups in total. The SMILES string of the molecule is CCCCCCC(=O)NC(C(=O)OCC)C1(SN=O)CCN(C)CC1. The molecule has 7 nitrogen and oxygen atoms in total. The van der Waals surface area contributed by atoms with Gasteiger partial charge in [-0.15, -0.1) is 4.91 Å². The van der Waals surface area contributed by atoms with Crippen molar-refractivity contribution in [1.29, 1.82) is 0 Å². The van der Waals surface area contributed by atoms with E-state index in [0.29, 0.717) is 19.3 Å². The predicted molar refractivity (Wildman–Crippen MR) is 100 cm³/mol. The maximum absolute atomic E-state index is 12.5. The largest absolute Gasteiger partial charge is 0.464 e. The lowest BCUT2D eigenvalue weighted by atomic mass is 9.88. The zero-order valence-electron chi connectivity index (χ0n) is 15.6. The van der Waals surface area contributed by atoms with Gasteiger partial charge >= 0.3 is 5.97 Å². The molecule has 8 heteroatoms. The maximum atomic E-state index is 12.5. The van der Waals surface area contributed by atoms with Gasteiger partial charge in [0.05, 0.1) is 11.4 Å². The first-order valence-corrected chi connectivity index (χ1v) is 9.91. The van der Waals surface area contributed by atoms with Gasteiger partial charge in [0.15, 0.2) is 0 Å². The van der Waals surface area contributed by atoms with Gasteiger partial charge in [-0.1, -0.05) is 26.2 Å². The van der Waals surface area contributed by atoms with Crippen molar-refractivity contribution in [2.75, 3.05) is 26.7 Å². The second-order valence-corrected chi connectivity index (χ2v) is 7.74. The van der Waals surface area contributed by atoms with E-state index in [1.54, 1.807) is 6.92 Å².